The third-order valence-corrected chi connectivity index (χ3v) is 3.23. The number of carbonyl (C=O) groups is 1. The van der Waals surface area contributed by atoms with E-state index in [-0.39, 0.29) is 12.4 Å². The highest BCUT2D eigenvalue weighted by Crippen LogP contribution is 2.26. The number of rotatable bonds is 5. The predicted octanol–water partition coefficient (Wildman–Crippen LogP) is 2.93. The first kappa shape index (κ1) is 14.2. The molecule has 1 aliphatic heterocycles. The van der Waals surface area contributed by atoms with Crippen LogP contribution in [0, 0.1) is 0 Å². The van der Waals surface area contributed by atoms with E-state index in [0.717, 1.165) is 0 Å². The zero-order chi connectivity index (χ0) is 13.7. The molecule has 1 aliphatic rings. The van der Waals surface area contributed by atoms with Gasteiger partial charge in [0, 0.05) is 31.0 Å². The Morgan fingerprint density at radius 2 is 1.89 bits per heavy atom. The highest BCUT2D eigenvalue weighted by atomic mass is 35.5. The minimum atomic E-state index is 0.0102. The maximum atomic E-state index is 12.3. The molecule has 0 radical (unpaired) electrons. The Morgan fingerprint density at radius 1 is 1.21 bits per heavy atom. The molecule has 1 aromatic rings. The average molecular weight is 300 g/mol. The molecule has 0 aromatic heterocycles. The molecule has 0 fully saturated rings. The lowest BCUT2D eigenvalue weighted by Crippen LogP contribution is -2.27. The van der Waals surface area contributed by atoms with Crippen LogP contribution in [0.2, 0.25) is 0 Å². The average Bonchev–Trinajstić information content (AvgIpc) is 2.43. The van der Waals surface area contributed by atoms with Crippen molar-refractivity contribution in [2.24, 2.45) is 0 Å². The van der Waals surface area contributed by atoms with Gasteiger partial charge in [-0.15, -0.1) is 23.2 Å². The molecule has 3 nitrogen and oxygen atoms in total. The van der Waals surface area contributed by atoms with Gasteiger partial charge in [0.05, 0.1) is 11.1 Å². The summed E-state index contributed by atoms with van der Waals surface area (Å²) in [6, 6.07) is 7.27. The molecule has 0 spiro atoms. The van der Waals surface area contributed by atoms with Gasteiger partial charge < -0.3 is 9.64 Å². The number of ether oxygens (including phenoxy) is 1. The Balaban J connectivity index is 2.20. The van der Waals surface area contributed by atoms with Crippen LogP contribution in [0.25, 0.3) is 0 Å². The van der Waals surface area contributed by atoms with Crippen molar-refractivity contribution in [1.82, 2.24) is 4.90 Å². The smallest absolute Gasteiger partial charge is 0.197 e. The van der Waals surface area contributed by atoms with Crippen molar-refractivity contribution >= 4 is 29.0 Å². The number of carbonyl (C=O) groups excluding carboxylic acids is 1. The fourth-order valence-electron chi connectivity index (χ4n) is 1.95. The van der Waals surface area contributed by atoms with Gasteiger partial charge in [-0.3, -0.25) is 4.79 Å². The summed E-state index contributed by atoms with van der Waals surface area (Å²) in [4.78, 5) is 14.3. The van der Waals surface area contributed by atoms with Gasteiger partial charge in [-0.25, -0.2) is 0 Å². The standard InChI is InChI=1S/C14H15Cl2NO2/c15-5-7-17(8-6-16)9-11-10-19-13-4-2-1-3-12(13)14(11)18/h1-4,9H,5-8,10H2. The van der Waals surface area contributed by atoms with Gasteiger partial charge in [-0.05, 0) is 12.1 Å². The van der Waals surface area contributed by atoms with Crippen molar-refractivity contribution in [1.29, 1.82) is 0 Å². The maximum absolute atomic E-state index is 12.3. The number of fused-ring (bicyclic) bond motifs is 1. The number of Topliss-reactive ketones (excluding diaryl/α,β-unsaturated/α-hetero) is 1. The summed E-state index contributed by atoms with van der Waals surface area (Å²) in [7, 11) is 0. The number of hydrogen-bond donors (Lipinski definition) is 0. The van der Waals surface area contributed by atoms with E-state index in [0.29, 0.717) is 41.7 Å². The van der Waals surface area contributed by atoms with E-state index in [9.17, 15) is 4.79 Å². The van der Waals surface area contributed by atoms with Crippen LogP contribution in [-0.4, -0.2) is 42.1 Å². The first-order valence-corrected chi connectivity index (χ1v) is 7.16. The Bertz CT molecular complexity index is 482. The first-order chi connectivity index (χ1) is 9.26. The van der Waals surface area contributed by atoms with Gasteiger partial charge in [-0.2, -0.15) is 0 Å². The molecule has 0 saturated carbocycles. The molecular formula is C14H15Cl2NO2. The summed E-state index contributed by atoms with van der Waals surface area (Å²) in [6.45, 7) is 1.61. The van der Waals surface area contributed by atoms with Crippen LogP contribution in [0.3, 0.4) is 0 Å². The van der Waals surface area contributed by atoms with Crippen LogP contribution in [0.15, 0.2) is 36.0 Å². The van der Waals surface area contributed by atoms with Gasteiger partial charge in [0.2, 0.25) is 0 Å². The van der Waals surface area contributed by atoms with Gasteiger partial charge >= 0.3 is 0 Å². The number of alkyl halides is 2. The Kier molecular flexibility index (Phi) is 5.11. The van der Waals surface area contributed by atoms with Crippen LogP contribution in [-0.2, 0) is 0 Å². The van der Waals surface area contributed by atoms with E-state index in [1.54, 1.807) is 12.1 Å². The normalized spacial score (nSPS) is 16.1. The second-order valence-electron chi connectivity index (χ2n) is 4.18. The quantitative estimate of drug-likeness (QED) is 0.618. The number of halogens is 2. The van der Waals surface area contributed by atoms with Crippen LogP contribution < -0.4 is 4.74 Å². The molecule has 0 amide bonds. The third-order valence-electron chi connectivity index (χ3n) is 2.89. The Hall–Kier alpha value is -1.19. The molecule has 1 aromatic carbocycles. The number of nitrogens with zero attached hydrogens (tertiary/aromatic N) is 1. The minimum Gasteiger partial charge on any atom is -0.488 e. The summed E-state index contributed by atoms with van der Waals surface area (Å²) in [5, 5.41) is 0. The van der Waals surface area contributed by atoms with Crippen molar-refractivity contribution in [3.8, 4) is 5.75 Å². The Labute approximate surface area is 122 Å². The molecule has 0 atom stereocenters. The molecule has 0 bridgehead atoms. The summed E-state index contributed by atoms with van der Waals surface area (Å²) in [6.07, 6.45) is 1.81. The molecule has 0 unspecified atom stereocenters. The van der Waals surface area contributed by atoms with E-state index in [4.69, 9.17) is 27.9 Å². The zero-order valence-corrected chi connectivity index (χ0v) is 12.0. The van der Waals surface area contributed by atoms with Crippen molar-refractivity contribution in [2.75, 3.05) is 31.5 Å². The first-order valence-electron chi connectivity index (χ1n) is 6.09. The van der Waals surface area contributed by atoms with E-state index in [1.165, 1.54) is 0 Å². The van der Waals surface area contributed by atoms with Crippen molar-refractivity contribution in [3.63, 3.8) is 0 Å². The molecule has 102 valence electrons. The number of benzene rings is 1. The lowest BCUT2D eigenvalue weighted by Gasteiger charge is -2.23. The van der Waals surface area contributed by atoms with Gasteiger partial charge in [0.1, 0.15) is 12.4 Å². The summed E-state index contributed by atoms with van der Waals surface area (Å²) in [5.74, 6) is 1.64. The lowest BCUT2D eigenvalue weighted by atomic mass is 10.0. The van der Waals surface area contributed by atoms with Gasteiger partial charge in [0.25, 0.3) is 0 Å². The van der Waals surface area contributed by atoms with Crippen LogP contribution in [0.4, 0.5) is 0 Å². The van der Waals surface area contributed by atoms with Crippen LogP contribution in [0.5, 0.6) is 5.75 Å². The second-order valence-corrected chi connectivity index (χ2v) is 4.94. The van der Waals surface area contributed by atoms with Crippen molar-refractivity contribution in [3.05, 3.63) is 41.6 Å². The Morgan fingerprint density at radius 3 is 2.58 bits per heavy atom. The molecule has 2 rings (SSSR count). The summed E-state index contributed by atoms with van der Waals surface area (Å²) < 4.78 is 5.58. The molecule has 0 N–H and O–H groups in total. The highest BCUT2D eigenvalue weighted by molar-refractivity contribution is 6.18. The zero-order valence-electron chi connectivity index (χ0n) is 10.4. The maximum Gasteiger partial charge on any atom is 0.197 e. The fraction of sp³-hybridized carbons (Fsp3) is 0.357. The summed E-state index contributed by atoms with van der Waals surface area (Å²) >= 11 is 11.5. The largest absolute Gasteiger partial charge is 0.488 e. The predicted molar refractivity (Wildman–Crippen MR) is 77.4 cm³/mol. The van der Waals surface area contributed by atoms with E-state index < -0.39 is 0 Å². The van der Waals surface area contributed by atoms with Gasteiger partial charge in [0.15, 0.2) is 5.78 Å². The summed E-state index contributed by atoms with van der Waals surface area (Å²) in [5.41, 5.74) is 1.24. The topological polar surface area (TPSA) is 29.5 Å². The molecule has 0 aliphatic carbocycles. The molecular weight excluding hydrogens is 285 g/mol. The second kappa shape index (κ2) is 6.83. The number of hydrogen-bond acceptors (Lipinski definition) is 3. The van der Waals surface area contributed by atoms with Crippen molar-refractivity contribution in [2.45, 2.75) is 0 Å². The molecule has 1 heterocycles. The lowest BCUT2D eigenvalue weighted by molar-refractivity contribution is 0.0996. The fourth-order valence-corrected chi connectivity index (χ4v) is 2.38. The molecule has 5 heteroatoms. The molecule has 19 heavy (non-hydrogen) atoms. The SMILES string of the molecule is O=C1C(=CN(CCCl)CCCl)COc2ccccc21. The van der Waals surface area contributed by atoms with E-state index >= 15 is 0 Å². The van der Waals surface area contributed by atoms with Gasteiger partial charge in [-0.1, -0.05) is 12.1 Å². The number of para-hydroxylation sites is 1. The van der Waals surface area contributed by atoms with Crippen molar-refractivity contribution < 1.29 is 9.53 Å². The van der Waals surface area contributed by atoms with E-state index in [1.807, 2.05) is 23.2 Å². The molecule has 0 saturated heterocycles. The minimum absolute atomic E-state index is 0.0102. The van der Waals surface area contributed by atoms with E-state index in [2.05, 4.69) is 0 Å². The van der Waals surface area contributed by atoms with Crippen LogP contribution >= 0.6 is 23.2 Å². The number of ketones is 1. The van der Waals surface area contributed by atoms with Crippen LogP contribution in [0.1, 0.15) is 10.4 Å². The third kappa shape index (κ3) is 3.43. The monoisotopic (exact) mass is 299 g/mol. The highest BCUT2D eigenvalue weighted by Gasteiger charge is 2.23.